The number of nitriles is 1. The number of hydrogen-bond donors (Lipinski definition) is 1. The molecule has 0 bridgehead atoms. The number of halogens is 1. The Morgan fingerprint density at radius 2 is 1.95 bits per heavy atom. The van der Waals surface area contributed by atoms with Gasteiger partial charge in [-0.1, -0.05) is 11.6 Å². The average Bonchev–Trinajstić information content (AvgIpc) is 2.48. The lowest BCUT2D eigenvalue weighted by Gasteiger charge is -2.33. The molecule has 1 saturated heterocycles. The number of benzene rings is 1. The Kier molecular flexibility index (Phi) is 5.19. The molecular formula is C13H16ClN3O3S. The predicted molar refractivity (Wildman–Crippen MR) is 78.5 cm³/mol. The highest BCUT2D eigenvalue weighted by Gasteiger charge is 2.30. The molecule has 0 radical (unpaired) electrons. The van der Waals surface area contributed by atoms with Crippen molar-refractivity contribution in [3.8, 4) is 6.07 Å². The fraction of sp³-hybridized carbons (Fsp3) is 0.462. The number of piperazine rings is 1. The minimum atomic E-state index is -3.70. The maximum absolute atomic E-state index is 12.6. The van der Waals surface area contributed by atoms with E-state index in [1.807, 2.05) is 11.0 Å². The summed E-state index contributed by atoms with van der Waals surface area (Å²) in [7, 11) is -3.70. The summed E-state index contributed by atoms with van der Waals surface area (Å²) < 4.78 is 26.6. The molecule has 0 amide bonds. The number of hydrogen-bond acceptors (Lipinski definition) is 5. The van der Waals surface area contributed by atoms with Gasteiger partial charge in [-0.25, -0.2) is 8.42 Å². The Hall–Kier alpha value is -1.17. The minimum Gasteiger partial charge on any atom is -0.395 e. The summed E-state index contributed by atoms with van der Waals surface area (Å²) in [5.41, 5.74) is 0.261. The van der Waals surface area contributed by atoms with Crippen LogP contribution in [0.1, 0.15) is 5.56 Å². The van der Waals surface area contributed by atoms with Crippen LogP contribution < -0.4 is 0 Å². The van der Waals surface area contributed by atoms with E-state index in [0.29, 0.717) is 32.7 Å². The van der Waals surface area contributed by atoms with Gasteiger partial charge in [-0.15, -0.1) is 0 Å². The van der Waals surface area contributed by atoms with E-state index in [2.05, 4.69) is 0 Å². The zero-order valence-corrected chi connectivity index (χ0v) is 12.9. The van der Waals surface area contributed by atoms with Crippen molar-refractivity contribution >= 4 is 21.6 Å². The van der Waals surface area contributed by atoms with Crippen LogP contribution in [0, 0.1) is 11.3 Å². The Morgan fingerprint density at radius 1 is 1.29 bits per heavy atom. The first kappa shape index (κ1) is 16.2. The summed E-state index contributed by atoms with van der Waals surface area (Å²) >= 11 is 5.98. The summed E-state index contributed by atoms with van der Waals surface area (Å²) in [6.07, 6.45) is 0. The van der Waals surface area contributed by atoms with Crippen molar-refractivity contribution in [2.24, 2.45) is 0 Å². The molecule has 1 aliphatic heterocycles. The van der Waals surface area contributed by atoms with Gasteiger partial charge in [-0.05, 0) is 18.2 Å². The van der Waals surface area contributed by atoms with Crippen LogP contribution in [-0.2, 0) is 10.0 Å². The van der Waals surface area contributed by atoms with Crippen LogP contribution in [0.2, 0.25) is 5.02 Å². The van der Waals surface area contributed by atoms with Crippen molar-refractivity contribution < 1.29 is 13.5 Å². The molecule has 6 nitrogen and oxygen atoms in total. The first-order chi connectivity index (χ1) is 9.98. The summed E-state index contributed by atoms with van der Waals surface area (Å²) in [4.78, 5) is 1.97. The predicted octanol–water partition coefficient (Wildman–Crippen LogP) is 0.510. The quantitative estimate of drug-likeness (QED) is 0.870. The van der Waals surface area contributed by atoms with Gasteiger partial charge >= 0.3 is 0 Å². The van der Waals surface area contributed by atoms with Crippen LogP contribution in [0.5, 0.6) is 0 Å². The molecule has 1 aromatic carbocycles. The lowest BCUT2D eigenvalue weighted by molar-refractivity contribution is 0.151. The minimum absolute atomic E-state index is 0.0289. The van der Waals surface area contributed by atoms with Gasteiger partial charge in [0.25, 0.3) is 0 Å². The maximum atomic E-state index is 12.6. The van der Waals surface area contributed by atoms with Gasteiger partial charge in [0.05, 0.1) is 23.3 Å². The second-order valence-electron chi connectivity index (χ2n) is 4.73. The van der Waals surface area contributed by atoms with E-state index in [0.717, 1.165) is 0 Å². The summed E-state index contributed by atoms with van der Waals surface area (Å²) in [5, 5.41) is 17.9. The molecule has 114 valence electrons. The van der Waals surface area contributed by atoms with Gasteiger partial charge in [0.1, 0.15) is 4.90 Å². The first-order valence-corrected chi connectivity index (χ1v) is 8.34. The number of rotatable bonds is 4. The van der Waals surface area contributed by atoms with Crippen LogP contribution in [-0.4, -0.2) is 62.1 Å². The van der Waals surface area contributed by atoms with Crippen molar-refractivity contribution in [2.45, 2.75) is 4.90 Å². The Morgan fingerprint density at radius 3 is 2.52 bits per heavy atom. The van der Waals surface area contributed by atoms with Crippen LogP contribution in [0.3, 0.4) is 0 Å². The second kappa shape index (κ2) is 6.73. The zero-order chi connectivity index (χ0) is 15.5. The third-order valence-corrected chi connectivity index (χ3v) is 5.81. The highest BCUT2D eigenvalue weighted by molar-refractivity contribution is 7.89. The molecule has 1 aliphatic rings. The Labute approximate surface area is 129 Å². The zero-order valence-electron chi connectivity index (χ0n) is 11.4. The topological polar surface area (TPSA) is 84.6 Å². The van der Waals surface area contributed by atoms with Crippen molar-refractivity contribution in [3.63, 3.8) is 0 Å². The van der Waals surface area contributed by atoms with Gasteiger partial charge in [0, 0.05) is 32.7 Å². The van der Waals surface area contributed by atoms with Crippen molar-refractivity contribution in [1.29, 1.82) is 5.26 Å². The van der Waals surface area contributed by atoms with Crippen molar-refractivity contribution in [1.82, 2.24) is 9.21 Å². The van der Waals surface area contributed by atoms with E-state index in [9.17, 15) is 8.42 Å². The highest BCUT2D eigenvalue weighted by atomic mass is 35.5. The van der Waals surface area contributed by atoms with E-state index >= 15 is 0 Å². The number of aliphatic hydroxyl groups excluding tert-OH is 1. The van der Waals surface area contributed by atoms with Gasteiger partial charge < -0.3 is 5.11 Å². The molecule has 1 heterocycles. The summed E-state index contributed by atoms with van der Waals surface area (Å²) in [6.45, 7) is 2.41. The van der Waals surface area contributed by atoms with E-state index in [1.54, 1.807) is 0 Å². The fourth-order valence-corrected chi connectivity index (χ4v) is 4.17. The Balaban J connectivity index is 2.22. The van der Waals surface area contributed by atoms with Crippen LogP contribution in [0.15, 0.2) is 23.1 Å². The first-order valence-electron chi connectivity index (χ1n) is 6.52. The fourth-order valence-electron chi connectivity index (χ4n) is 2.24. The number of nitrogens with zero attached hydrogens (tertiary/aromatic N) is 3. The molecule has 1 N–H and O–H groups in total. The second-order valence-corrected chi connectivity index (χ2v) is 7.04. The maximum Gasteiger partial charge on any atom is 0.244 e. The van der Waals surface area contributed by atoms with E-state index in [4.69, 9.17) is 22.0 Å². The van der Waals surface area contributed by atoms with Crippen LogP contribution in [0.4, 0.5) is 0 Å². The molecule has 0 aromatic heterocycles. The molecule has 0 spiro atoms. The van der Waals surface area contributed by atoms with E-state index in [-0.39, 0.29) is 22.1 Å². The standard InChI is InChI=1S/C13H16ClN3O3S/c14-12-2-1-11(10-15)9-13(12)21(19,20)17-5-3-16(4-6-17)7-8-18/h1-2,9,18H,3-8H2. The molecule has 1 aromatic rings. The van der Waals surface area contributed by atoms with Crippen LogP contribution >= 0.6 is 11.6 Å². The van der Waals surface area contributed by atoms with E-state index < -0.39 is 10.0 Å². The van der Waals surface area contributed by atoms with Crippen LogP contribution in [0.25, 0.3) is 0 Å². The molecule has 21 heavy (non-hydrogen) atoms. The molecule has 0 saturated carbocycles. The summed E-state index contributed by atoms with van der Waals surface area (Å²) in [5.74, 6) is 0. The molecule has 1 fully saturated rings. The normalized spacial score (nSPS) is 17.6. The molecule has 0 aliphatic carbocycles. The lowest BCUT2D eigenvalue weighted by Crippen LogP contribution is -2.49. The molecule has 8 heteroatoms. The van der Waals surface area contributed by atoms with Gasteiger partial charge in [-0.2, -0.15) is 9.57 Å². The molecule has 0 unspecified atom stereocenters. The largest absolute Gasteiger partial charge is 0.395 e. The molecule has 0 atom stereocenters. The van der Waals surface area contributed by atoms with Crippen molar-refractivity contribution in [2.75, 3.05) is 39.3 Å². The van der Waals surface area contributed by atoms with Gasteiger partial charge in [0.2, 0.25) is 10.0 Å². The molecular weight excluding hydrogens is 314 g/mol. The number of β-amino-alcohol motifs (C(OH)–C–C–N with tert-alkyl or cyclic N) is 1. The number of aliphatic hydroxyl groups is 1. The average molecular weight is 330 g/mol. The highest BCUT2D eigenvalue weighted by Crippen LogP contribution is 2.26. The third-order valence-electron chi connectivity index (χ3n) is 3.43. The smallest absolute Gasteiger partial charge is 0.244 e. The van der Waals surface area contributed by atoms with Gasteiger partial charge in [-0.3, -0.25) is 4.90 Å². The summed E-state index contributed by atoms with van der Waals surface area (Å²) in [6, 6.07) is 6.13. The lowest BCUT2D eigenvalue weighted by atomic mass is 10.2. The number of sulfonamides is 1. The third kappa shape index (κ3) is 3.54. The SMILES string of the molecule is N#Cc1ccc(Cl)c(S(=O)(=O)N2CCN(CCO)CC2)c1. The van der Waals surface area contributed by atoms with E-state index in [1.165, 1.54) is 22.5 Å². The van der Waals surface area contributed by atoms with Gasteiger partial charge in [0.15, 0.2) is 0 Å². The monoisotopic (exact) mass is 329 g/mol. The molecule has 2 rings (SSSR count). The Bertz CT molecular complexity index is 649. The van der Waals surface area contributed by atoms with Crippen molar-refractivity contribution in [3.05, 3.63) is 28.8 Å².